The molecule has 2 unspecified atom stereocenters. The van der Waals surface area contributed by atoms with Crippen LogP contribution in [0.25, 0.3) is 0 Å². The smallest absolute Gasteiger partial charge is 0.335 e. The van der Waals surface area contributed by atoms with Crippen LogP contribution in [0.2, 0.25) is 0 Å². The van der Waals surface area contributed by atoms with Gasteiger partial charge in [-0.3, -0.25) is 19.2 Å². The third kappa shape index (κ3) is 5.00. The normalized spacial score (nSPS) is 24.5. The fourth-order valence-electron chi connectivity index (χ4n) is 6.01. The first-order valence-electron chi connectivity index (χ1n) is 12.9. The maximum Gasteiger partial charge on any atom is 0.335 e. The number of hydrogen-bond acceptors (Lipinski definition) is 7. The lowest BCUT2D eigenvalue weighted by Gasteiger charge is -2.35. The SMILES string of the molecule is O=C(O)C1=CC2C(=O)c3cccc(CC(=O)C4CCOCC4)c3C(=O)C2C(CC(=O)C2CCOCC2)=C1. The van der Waals surface area contributed by atoms with Crippen LogP contribution >= 0.6 is 0 Å². The van der Waals surface area contributed by atoms with E-state index < -0.39 is 17.8 Å². The van der Waals surface area contributed by atoms with Crippen LogP contribution in [-0.4, -0.2) is 60.6 Å². The molecule has 0 radical (unpaired) electrons. The molecule has 2 fully saturated rings. The van der Waals surface area contributed by atoms with E-state index in [-0.39, 0.29) is 64.5 Å². The zero-order valence-electron chi connectivity index (χ0n) is 20.6. The van der Waals surface area contributed by atoms with E-state index in [0.717, 1.165) is 0 Å². The predicted molar refractivity (Wildman–Crippen MR) is 131 cm³/mol. The molecule has 0 amide bonds. The molecule has 8 nitrogen and oxygen atoms in total. The Hall–Kier alpha value is -3.23. The third-order valence-electron chi connectivity index (χ3n) is 8.05. The first-order chi connectivity index (χ1) is 17.8. The number of fused-ring (bicyclic) bond motifs is 2. The molecule has 0 aromatic heterocycles. The fourth-order valence-corrected chi connectivity index (χ4v) is 6.01. The zero-order valence-corrected chi connectivity index (χ0v) is 20.6. The van der Waals surface area contributed by atoms with Gasteiger partial charge in [0.15, 0.2) is 11.6 Å². The molecule has 2 atom stereocenters. The second-order valence-electron chi connectivity index (χ2n) is 10.3. The summed E-state index contributed by atoms with van der Waals surface area (Å²) >= 11 is 0. The lowest BCUT2D eigenvalue weighted by atomic mass is 9.65. The first kappa shape index (κ1) is 25.4. The molecular weight excluding hydrogens is 476 g/mol. The largest absolute Gasteiger partial charge is 0.478 e. The summed E-state index contributed by atoms with van der Waals surface area (Å²) in [5.74, 6) is -4.27. The van der Waals surface area contributed by atoms with Gasteiger partial charge >= 0.3 is 5.97 Å². The number of hydrogen-bond donors (Lipinski definition) is 1. The summed E-state index contributed by atoms with van der Waals surface area (Å²) in [7, 11) is 0. The number of carbonyl (C=O) groups is 5. The lowest BCUT2D eigenvalue weighted by molar-refractivity contribution is -0.132. The van der Waals surface area contributed by atoms with Crippen LogP contribution in [-0.2, 0) is 30.3 Å². The van der Waals surface area contributed by atoms with Crippen molar-refractivity contribution >= 4 is 29.1 Å². The number of ketones is 4. The Morgan fingerprint density at radius 2 is 1.43 bits per heavy atom. The number of benzene rings is 1. The highest BCUT2D eigenvalue weighted by atomic mass is 16.5. The Bertz CT molecular complexity index is 1210. The molecule has 2 aliphatic carbocycles. The second-order valence-corrected chi connectivity index (χ2v) is 10.3. The maximum atomic E-state index is 14.0. The van der Waals surface area contributed by atoms with Crippen molar-refractivity contribution in [2.45, 2.75) is 38.5 Å². The standard InChI is InChI=1S/C29H30O8/c30-23(16-4-8-36-9-5-16)14-18-2-1-3-21-25(18)28(33)26-19(15-24(31)17-6-10-37-11-7-17)12-20(29(34)35)13-22(26)27(21)32/h1-3,12-13,16-17,22,26H,4-11,14-15H2,(H,34,35). The molecule has 1 N–H and O–H groups in total. The van der Waals surface area contributed by atoms with Crippen LogP contribution in [0.4, 0.5) is 0 Å². The van der Waals surface area contributed by atoms with Crippen molar-refractivity contribution in [2.75, 3.05) is 26.4 Å². The molecule has 194 valence electrons. The summed E-state index contributed by atoms with van der Waals surface area (Å²) in [5, 5.41) is 9.69. The fraction of sp³-hybridized carbons (Fsp3) is 0.483. The summed E-state index contributed by atoms with van der Waals surface area (Å²) in [4.78, 5) is 65.6. The van der Waals surface area contributed by atoms with E-state index in [9.17, 15) is 29.1 Å². The minimum atomic E-state index is -1.21. The van der Waals surface area contributed by atoms with E-state index in [1.807, 2.05) is 0 Å². The third-order valence-corrected chi connectivity index (χ3v) is 8.05. The van der Waals surface area contributed by atoms with E-state index in [2.05, 4.69) is 0 Å². The molecule has 0 bridgehead atoms. The highest BCUT2D eigenvalue weighted by molar-refractivity contribution is 6.19. The molecule has 5 rings (SSSR count). The minimum absolute atomic E-state index is 0.0150. The molecular formula is C29H30O8. The van der Waals surface area contributed by atoms with E-state index >= 15 is 0 Å². The lowest BCUT2D eigenvalue weighted by Crippen LogP contribution is -2.40. The van der Waals surface area contributed by atoms with Gasteiger partial charge in [0.2, 0.25) is 0 Å². The van der Waals surface area contributed by atoms with E-state index in [1.54, 1.807) is 18.2 Å². The molecule has 2 heterocycles. The number of Topliss-reactive ketones (excluding diaryl/α,β-unsaturated/α-hetero) is 4. The van der Waals surface area contributed by atoms with Gasteiger partial charge in [0.1, 0.15) is 11.6 Å². The Morgan fingerprint density at radius 3 is 2.03 bits per heavy atom. The molecule has 1 aromatic carbocycles. The van der Waals surface area contributed by atoms with Gasteiger partial charge in [0.25, 0.3) is 0 Å². The van der Waals surface area contributed by atoms with Crippen molar-refractivity contribution in [1.29, 1.82) is 0 Å². The molecule has 8 heteroatoms. The monoisotopic (exact) mass is 506 g/mol. The van der Waals surface area contributed by atoms with Crippen LogP contribution in [0, 0.1) is 23.7 Å². The van der Waals surface area contributed by atoms with Crippen LogP contribution in [0.3, 0.4) is 0 Å². The minimum Gasteiger partial charge on any atom is -0.478 e. The van der Waals surface area contributed by atoms with Crippen molar-refractivity contribution in [3.05, 3.63) is 58.2 Å². The van der Waals surface area contributed by atoms with E-state index in [4.69, 9.17) is 9.47 Å². The quantitative estimate of drug-likeness (QED) is 0.598. The van der Waals surface area contributed by atoms with E-state index in [0.29, 0.717) is 63.2 Å². The van der Waals surface area contributed by atoms with Gasteiger partial charge in [-0.1, -0.05) is 29.8 Å². The maximum absolute atomic E-state index is 14.0. The second kappa shape index (κ2) is 10.6. The number of carboxylic acid groups (broad SMARTS) is 1. The molecule has 2 aliphatic heterocycles. The van der Waals surface area contributed by atoms with Crippen molar-refractivity contribution in [2.24, 2.45) is 23.7 Å². The van der Waals surface area contributed by atoms with Crippen LogP contribution in [0.1, 0.15) is 58.4 Å². The number of aliphatic carboxylic acids is 1. The summed E-state index contributed by atoms with van der Waals surface area (Å²) < 4.78 is 10.7. The molecule has 4 aliphatic rings. The number of carbonyl (C=O) groups excluding carboxylic acids is 4. The zero-order chi connectivity index (χ0) is 26.1. The highest BCUT2D eigenvalue weighted by Gasteiger charge is 2.46. The van der Waals surface area contributed by atoms with Crippen LogP contribution < -0.4 is 0 Å². The van der Waals surface area contributed by atoms with Crippen molar-refractivity contribution in [1.82, 2.24) is 0 Å². The van der Waals surface area contributed by atoms with Gasteiger partial charge in [0, 0.05) is 62.2 Å². The molecule has 1 aromatic rings. The number of ether oxygens (including phenoxy) is 2. The summed E-state index contributed by atoms with van der Waals surface area (Å²) in [5.41, 5.74) is 1.21. The molecule has 0 saturated carbocycles. The topological polar surface area (TPSA) is 124 Å². The van der Waals surface area contributed by atoms with Crippen LogP contribution in [0.15, 0.2) is 41.5 Å². The van der Waals surface area contributed by atoms with Gasteiger partial charge in [0.05, 0.1) is 17.4 Å². The Kier molecular flexibility index (Phi) is 7.31. The Labute approximate surface area is 214 Å². The number of allylic oxidation sites excluding steroid dienone is 2. The average molecular weight is 507 g/mol. The molecule has 37 heavy (non-hydrogen) atoms. The summed E-state index contributed by atoms with van der Waals surface area (Å²) in [6.07, 6.45) is 5.09. The molecule has 2 saturated heterocycles. The average Bonchev–Trinajstić information content (AvgIpc) is 2.92. The van der Waals surface area contributed by atoms with Crippen molar-refractivity contribution in [3.8, 4) is 0 Å². The predicted octanol–water partition coefficient (Wildman–Crippen LogP) is 3.17. The number of rotatable bonds is 7. The summed E-state index contributed by atoms with van der Waals surface area (Å²) in [6, 6.07) is 4.93. The van der Waals surface area contributed by atoms with E-state index in [1.165, 1.54) is 12.2 Å². The van der Waals surface area contributed by atoms with Crippen molar-refractivity contribution in [3.63, 3.8) is 0 Å². The molecule has 0 spiro atoms. The van der Waals surface area contributed by atoms with Gasteiger partial charge in [-0.15, -0.1) is 0 Å². The van der Waals surface area contributed by atoms with Crippen molar-refractivity contribution < 1.29 is 38.6 Å². The first-order valence-corrected chi connectivity index (χ1v) is 12.9. The van der Waals surface area contributed by atoms with Gasteiger partial charge in [-0.05, 0) is 37.3 Å². The Balaban J connectivity index is 1.48. The van der Waals surface area contributed by atoms with Gasteiger partial charge in [-0.2, -0.15) is 0 Å². The Morgan fingerprint density at radius 1 is 0.838 bits per heavy atom. The van der Waals surface area contributed by atoms with Gasteiger partial charge in [-0.25, -0.2) is 4.79 Å². The number of carboxylic acids is 1. The van der Waals surface area contributed by atoms with Gasteiger partial charge < -0.3 is 14.6 Å². The van der Waals surface area contributed by atoms with Crippen LogP contribution in [0.5, 0.6) is 0 Å². The summed E-state index contributed by atoms with van der Waals surface area (Å²) in [6.45, 7) is 2.02. The highest BCUT2D eigenvalue weighted by Crippen LogP contribution is 2.42.